The summed E-state index contributed by atoms with van der Waals surface area (Å²) in [4.78, 5) is 14.5. The van der Waals surface area contributed by atoms with Crippen molar-refractivity contribution in [3.63, 3.8) is 0 Å². The third kappa shape index (κ3) is 3.77. The molecule has 1 aromatic rings. The minimum Gasteiger partial charge on any atom is -0.389 e. The van der Waals surface area contributed by atoms with Crippen molar-refractivity contribution in [1.29, 1.82) is 0 Å². The summed E-state index contributed by atoms with van der Waals surface area (Å²) in [6, 6.07) is 7.83. The van der Waals surface area contributed by atoms with Crippen LogP contribution in [0.2, 0.25) is 0 Å². The number of carbonyl (C=O) groups excluding carboxylic acids is 1. The number of nitrogens with two attached hydrogens (primary N) is 1. The summed E-state index contributed by atoms with van der Waals surface area (Å²) in [6.07, 6.45) is 2.25. The van der Waals surface area contributed by atoms with Crippen LogP contribution in [0.5, 0.6) is 0 Å². The van der Waals surface area contributed by atoms with Gasteiger partial charge in [-0.05, 0) is 18.4 Å². The smallest absolute Gasteiger partial charge is 0.226 e. The number of thiocarbonyl (C=S) groups is 1. The molecular weight excluding hydrogens is 272 g/mol. The average molecular weight is 292 g/mol. The molecule has 1 heterocycles. The van der Waals surface area contributed by atoms with E-state index in [9.17, 15) is 4.79 Å². The number of rotatable bonds is 4. The van der Waals surface area contributed by atoms with Crippen molar-refractivity contribution in [1.82, 2.24) is 4.90 Å². The lowest BCUT2D eigenvalue weighted by Gasteiger charge is -2.31. The van der Waals surface area contributed by atoms with Crippen LogP contribution in [0.3, 0.4) is 0 Å². The molecule has 1 aromatic carbocycles. The largest absolute Gasteiger partial charge is 0.389 e. The maximum absolute atomic E-state index is 12.3. The standard InChI is InChI=1S/C15H20N2O2S/c1-17(13-6-8-19-9-7-13)14(18)10-11-2-4-12(5-3-11)15(16)20/h2-5,13H,6-10H2,1H3,(H2,16,20). The molecule has 2 N–H and O–H groups in total. The molecule has 1 amide bonds. The van der Waals surface area contributed by atoms with Crippen LogP contribution in [0.1, 0.15) is 24.0 Å². The normalized spacial score (nSPS) is 15.8. The third-order valence-corrected chi connectivity index (χ3v) is 3.96. The molecule has 1 saturated heterocycles. The van der Waals surface area contributed by atoms with Gasteiger partial charge in [-0.25, -0.2) is 0 Å². The van der Waals surface area contributed by atoms with E-state index in [1.54, 1.807) is 0 Å². The zero-order valence-electron chi connectivity index (χ0n) is 11.7. The second-order valence-corrected chi connectivity index (χ2v) is 5.53. The molecular formula is C15H20N2O2S. The fraction of sp³-hybridized carbons (Fsp3) is 0.467. The van der Waals surface area contributed by atoms with Gasteiger partial charge in [0.05, 0.1) is 6.42 Å². The van der Waals surface area contributed by atoms with Crippen molar-refractivity contribution in [3.8, 4) is 0 Å². The van der Waals surface area contributed by atoms with Crippen molar-refractivity contribution in [2.45, 2.75) is 25.3 Å². The maximum atomic E-state index is 12.3. The molecule has 20 heavy (non-hydrogen) atoms. The molecule has 1 fully saturated rings. The molecule has 2 rings (SSSR count). The van der Waals surface area contributed by atoms with E-state index in [-0.39, 0.29) is 5.91 Å². The van der Waals surface area contributed by atoms with Crippen LogP contribution in [0, 0.1) is 0 Å². The Kier molecular flexibility index (Phi) is 5.09. The Bertz CT molecular complexity index is 481. The van der Waals surface area contributed by atoms with Crippen LogP contribution < -0.4 is 5.73 Å². The first-order chi connectivity index (χ1) is 9.58. The molecule has 0 aromatic heterocycles. The first-order valence-corrected chi connectivity index (χ1v) is 7.21. The zero-order chi connectivity index (χ0) is 14.5. The average Bonchev–Trinajstić information content (AvgIpc) is 2.48. The van der Waals surface area contributed by atoms with Gasteiger partial charge < -0.3 is 15.4 Å². The summed E-state index contributed by atoms with van der Waals surface area (Å²) in [7, 11) is 1.88. The fourth-order valence-corrected chi connectivity index (χ4v) is 2.50. The van der Waals surface area contributed by atoms with Crippen LogP contribution >= 0.6 is 12.2 Å². The number of amides is 1. The molecule has 0 aliphatic carbocycles. The van der Waals surface area contributed by atoms with Gasteiger partial charge in [0, 0.05) is 31.9 Å². The van der Waals surface area contributed by atoms with Crippen LogP contribution in [0.4, 0.5) is 0 Å². The number of benzene rings is 1. The van der Waals surface area contributed by atoms with Crippen molar-refractivity contribution in [2.24, 2.45) is 5.73 Å². The summed E-state index contributed by atoms with van der Waals surface area (Å²) in [5.74, 6) is 0.139. The maximum Gasteiger partial charge on any atom is 0.226 e. The molecule has 0 spiro atoms. The van der Waals surface area contributed by atoms with Crippen molar-refractivity contribution >= 4 is 23.1 Å². The monoisotopic (exact) mass is 292 g/mol. The first-order valence-electron chi connectivity index (χ1n) is 6.80. The summed E-state index contributed by atoms with van der Waals surface area (Å²) in [6.45, 7) is 1.48. The lowest BCUT2D eigenvalue weighted by molar-refractivity contribution is -0.132. The number of carbonyl (C=O) groups is 1. The van der Waals surface area contributed by atoms with Gasteiger partial charge >= 0.3 is 0 Å². The third-order valence-electron chi connectivity index (χ3n) is 3.73. The van der Waals surface area contributed by atoms with E-state index in [0.29, 0.717) is 17.5 Å². The molecule has 108 valence electrons. The van der Waals surface area contributed by atoms with Crippen LogP contribution in [0.15, 0.2) is 24.3 Å². The van der Waals surface area contributed by atoms with Gasteiger partial charge in [-0.1, -0.05) is 36.5 Å². The van der Waals surface area contributed by atoms with Gasteiger partial charge in [0.25, 0.3) is 0 Å². The molecule has 4 nitrogen and oxygen atoms in total. The molecule has 0 radical (unpaired) electrons. The SMILES string of the molecule is CN(C(=O)Cc1ccc(C(N)=S)cc1)C1CCOCC1. The molecule has 5 heteroatoms. The molecule has 0 saturated carbocycles. The van der Waals surface area contributed by atoms with Gasteiger partial charge in [-0.15, -0.1) is 0 Å². The predicted molar refractivity (Wildman–Crippen MR) is 82.6 cm³/mol. The van der Waals surface area contributed by atoms with Crippen molar-refractivity contribution < 1.29 is 9.53 Å². The number of ether oxygens (including phenoxy) is 1. The lowest BCUT2D eigenvalue weighted by Crippen LogP contribution is -2.41. The van der Waals surface area contributed by atoms with Gasteiger partial charge in [-0.2, -0.15) is 0 Å². The summed E-state index contributed by atoms with van der Waals surface area (Å²) >= 11 is 4.91. The van der Waals surface area contributed by atoms with Crippen LogP contribution in [-0.4, -0.2) is 42.1 Å². The first kappa shape index (κ1) is 14.9. The molecule has 0 unspecified atom stereocenters. The second kappa shape index (κ2) is 6.81. The topological polar surface area (TPSA) is 55.6 Å². The summed E-state index contributed by atoms with van der Waals surface area (Å²) < 4.78 is 5.32. The Balaban J connectivity index is 1.94. The van der Waals surface area contributed by atoms with Crippen molar-refractivity contribution in [2.75, 3.05) is 20.3 Å². The van der Waals surface area contributed by atoms with Gasteiger partial charge in [0.2, 0.25) is 5.91 Å². The summed E-state index contributed by atoms with van der Waals surface area (Å²) in [5.41, 5.74) is 7.36. The summed E-state index contributed by atoms with van der Waals surface area (Å²) in [5, 5.41) is 0. The van der Waals surface area contributed by atoms with E-state index in [1.165, 1.54) is 0 Å². The fourth-order valence-electron chi connectivity index (χ4n) is 2.36. The Morgan fingerprint density at radius 2 is 1.95 bits per heavy atom. The number of nitrogens with zero attached hydrogens (tertiary/aromatic N) is 1. The highest BCUT2D eigenvalue weighted by Gasteiger charge is 2.22. The highest BCUT2D eigenvalue weighted by atomic mass is 32.1. The highest BCUT2D eigenvalue weighted by molar-refractivity contribution is 7.80. The van der Waals surface area contributed by atoms with Gasteiger partial charge in [0.15, 0.2) is 0 Å². The Hall–Kier alpha value is -1.46. The Morgan fingerprint density at radius 1 is 1.35 bits per heavy atom. The molecule has 0 bridgehead atoms. The predicted octanol–water partition coefficient (Wildman–Crippen LogP) is 1.50. The van der Waals surface area contributed by atoms with Crippen molar-refractivity contribution in [3.05, 3.63) is 35.4 Å². The number of hydrogen-bond acceptors (Lipinski definition) is 3. The number of likely N-dealkylation sites (N-methyl/N-ethyl adjacent to an activating group) is 1. The quantitative estimate of drug-likeness (QED) is 0.855. The van der Waals surface area contributed by atoms with E-state index in [2.05, 4.69) is 0 Å². The van der Waals surface area contributed by atoms with E-state index < -0.39 is 0 Å². The minimum atomic E-state index is 0.139. The minimum absolute atomic E-state index is 0.139. The van der Waals surface area contributed by atoms with Gasteiger partial charge in [0.1, 0.15) is 4.99 Å². The highest BCUT2D eigenvalue weighted by Crippen LogP contribution is 2.14. The molecule has 1 aliphatic rings. The molecule has 1 aliphatic heterocycles. The van der Waals surface area contributed by atoms with Crippen LogP contribution in [0.25, 0.3) is 0 Å². The van der Waals surface area contributed by atoms with Gasteiger partial charge in [-0.3, -0.25) is 4.79 Å². The van der Waals surface area contributed by atoms with E-state index in [0.717, 1.165) is 37.2 Å². The number of hydrogen-bond donors (Lipinski definition) is 1. The van der Waals surface area contributed by atoms with Crippen LogP contribution in [-0.2, 0) is 16.0 Å². The van der Waals surface area contributed by atoms with E-state index in [4.69, 9.17) is 22.7 Å². The zero-order valence-corrected chi connectivity index (χ0v) is 12.5. The van der Waals surface area contributed by atoms with E-state index >= 15 is 0 Å². The Labute approximate surface area is 124 Å². The lowest BCUT2D eigenvalue weighted by atomic mass is 10.1. The Morgan fingerprint density at radius 3 is 2.50 bits per heavy atom. The van der Waals surface area contributed by atoms with E-state index in [1.807, 2.05) is 36.2 Å². The molecule has 0 atom stereocenters. The second-order valence-electron chi connectivity index (χ2n) is 5.09.